The van der Waals surface area contributed by atoms with E-state index >= 15 is 0 Å². The summed E-state index contributed by atoms with van der Waals surface area (Å²) < 4.78 is 0. The van der Waals surface area contributed by atoms with Crippen LogP contribution < -0.4 is 34.0 Å². The van der Waals surface area contributed by atoms with Gasteiger partial charge in [-0.05, 0) is 20.8 Å². The molecule has 4 heteroatoms. The summed E-state index contributed by atoms with van der Waals surface area (Å²) in [4.78, 5) is 0. The number of hydrogen-bond acceptors (Lipinski definition) is 1. The van der Waals surface area contributed by atoms with Crippen molar-refractivity contribution in [3.63, 3.8) is 0 Å². The van der Waals surface area contributed by atoms with Crippen LogP contribution in [-0.4, -0.2) is 33.8 Å². The van der Waals surface area contributed by atoms with E-state index in [0.29, 0.717) is 0 Å². The molecule has 0 heterocycles. The molecule has 0 aromatic rings. The Morgan fingerprint density at radius 2 is 1.00 bits per heavy atom. The van der Waals surface area contributed by atoms with Crippen molar-refractivity contribution < 1.29 is 39.1 Å². The predicted octanol–water partition coefficient (Wildman–Crippen LogP) is -5.60. The van der Waals surface area contributed by atoms with Gasteiger partial charge in [0.05, 0.1) is 5.60 Å². The van der Waals surface area contributed by atoms with Crippen molar-refractivity contribution in [2.75, 3.05) is 0 Å². The zero-order chi connectivity index (χ0) is 4.50. The fourth-order valence-corrected chi connectivity index (χ4v) is 0. The second kappa shape index (κ2) is 8.69. The van der Waals surface area contributed by atoms with E-state index in [1.165, 1.54) is 0 Å². The summed E-state index contributed by atoms with van der Waals surface area (Å²) in [6.45, 7) is 5.23. The smallest absolute Gasteiger partial charge is 1.00 e. The van der Waals surface area contributed by atoms with Crippen LogP contribution in [-0.2, 0) is 0 Å². The first-order valence-electron chi connectivity index (χ1n) is 1.72. The Hall–Kier alpha value is 1.69. The van der Waals surface area contributed by atoms with Gasteiger partial charge in [-0.15, -0.1) is 0 Å². The molecule has 1 N–H and O–H groups in total. The zero-order valence-corrected chi connectivity index (χ0v) is 10.00. The van der Waals surface area contributed by atoms with Gasteiger partial charge in [-0.3, -0.25) is 0 Å². The average molecular weight is 258 g/mol. The monoisotopic (exact) mass is 256 g/mol. The van der Waals surface area contributed by atoms with E-state index in [1.807, 2.05) is 0 Å². The summed E-state index contributed by atoms with van der Waals surface area (Å²) in [6.07, 6.45) is 0. The molecule has 0 aromatic carbocycles. The number of rotatable bonds is 0. The quantitative estimate of drug-likeness (QED) is 0.430. The molecule has 0 spiro atoms. The van der Waals surface area contributed by atoms with Gasteiger partial charge in [0.25, 0.3) is 0 Å². The van der Waals surface area contributed by atoms with Gasteiger partial charge in [0.2, 0.25) is 0 Å². The molecule has 1 nitrogen and oxygen atoms in total. The third kappa shape index (κ3) is 121. The summed E-state index contributed by atoms with van der Waals surface area (Å²) >= 11 is 0. The second-order valence-corrected chi connectivity index (χ2v) is 2.17. The van der Waals surface area contributed by atoms with E-state index in [-0.39, 0.29) is 57.0 Å². The minimum atomic E-state index is -0.500. The molecule has 0 radical (unpaired) electrons. The summed E-state index contributed by atoms with van der Waals surface area (Å²) in [5, 5.41) is 8.52. The Bertz CT molecular complexity index is 29.5. The van der Waals surface area contributed by atoms with E-state index in [9.17, 15) is 0 Å². The van der Waals surface area contributed by atoms with Crippen molar-refractivity contribution in [1.29, 1.82) is 0 Å². The van der Waals surface area contributed by atoms with Crippen LogP contribution in [0, 0.1) is 0 Å². The standard InChI is InChI=1S/C4H10O.2BrH.Mg/c1-4(2,3)5;;;/h5H,1-3H3;2*1H;/q;;;+2/p-2. The maximum atomic E-state index is 8.52. The Kier molecular flexibility index (Phi) is 24.5. The van der Waals surface area contributed by atoms with Crippen molar-refractivity contribution in [2.45, 2.75) is 26.4 Å². The Morgan fingerprint density at radius 3 is 1.00 bits per heavy atom. The number of aliphatic hydroxyl groups is 1. The van der Waals surface area contributed by atoms with Gasteiger partial charge >= 0.3 is 23.1 Å². The zero-order valence-electron chi connectivity index (χ0n) is 5.41. The van der Waals surface area contributed by atoms with Crippen LogP contribution in [0.15, 0.2) is 0 Å². The fourth-order valence-electron chi connectivity index (χ4n) is 0. The minimum absolute atomic E-state index is 0. The van der Waals surface area contributed by atoms with Crippen molar-refractivity contribution in [3.8, 4) is 0 Å². The molecule has 48 valence electrons. The molecule has 0 bridgehead atoms. The van der Waals surface area contributed by atoms with Crippen molar-refractivity contribution in [2.24, 2.45) is 0 Å². The van der Waals surface area contributed by atoms with Crippen LogP contribution >= 0.6 is 0 Å². The van der Waals surface area contributed by atoms with Gasteiger partial charge in [-0.2, -0.15) is 0 Å². The van der Waals surface area contributed by atoms with Crippen molar-refractivity contribution in [3.05, 3.63) is 0 Å². The second-order valence-electron chi connectivity index (χ2n) is 2.17. The first-order valence-corrected chi connectivity index (χ1v) is 1.72. The Morgan fingerprint density at radius 1 is 1.00 bits per heavy atom. The minimum Gasteiger partial charge on any atom is -1.00 e. The molecule has 0 aliphatic carbocycles. The molecule has 0 fully saturated rings. The van der Waals surface area contributed by atoms with Crippen LogP contribution in [0.25, 0.3) is 0 Å². The van der Waals surface area contributed by atoms with Gasteiger partial charge < -0.3 is 39.1 Å². The van der Waals surface area contributed by atoms with E-state index in [1.54, 1.807) is 20.8 Å². The van der Waals surface area contributed by atoms with Crippen LogP contribution in [0.1, 0.15) is 20.8 Å². The predicted molar refractivity (Wildman–Crippen MR) is 27.7 cm³/mol. The first-order chi connectivity index (χ1) is 2.00. The SMILES string of the molecule is CC(C)(C)O.[Br-].[Br-].[Mg+2]. The molecule has 0 rings (SSSR count). The summed E-state index contributed by atoms with van der Waals surface area (Å²) in [5.41, 5.74) is -0.500. The largest absolute Gasteiger partial charge is 2.00 e. The van der Waals surface area contributed by atoms with Gasteiger partial charge in [0, 0.05) is 0 Å². The van der Waals surface area contributed by atoms with E-state index < -0.39 is 5.60 Å². The van der Waals surface area contributed by atoms with Gasteiger partial charge in [0.15, 0.2) is 0 Å². The normalized spacial score (nSPS) is 7.50. The van der Waals surface area contributed by atoms with Crippen LogP contribution in [0.4, 0.5) is 0 Å². The van der Waals surface area contributed by atoms with E-state index in [4.69, 9.17) is 5.11 Å². The van der Waals surface area contributed by atoms with Crippen LogP contribution in [0.3, 0.4) is 0 Å². The van der Waals surface area contributed by atoms with Crippen molar-refractivity contribution in [1.82, 2.24) is 0 Å². The average Bonchev–Trinajstić information content (AvgIpc) is 0.722. The Labute approximate surface area is 87.9 Å². The topological polar surface area (TPSA) is 20.2 Å². The van der Waals surface area contributed by atoms with Gasteiger partial charge in [-0.1, -0.05) is 0 Å². The summed E-state index contributed by atoms with van der Waals surface area (Å²) in [7, 11) is 0. The summed E-state index contributed by atoms with van der Waals surface area (Å²) in [5.74, 6) is 0. The molecular formula is C4H10Br2MgO. The maximum Gasteiger partial charge on any atom is 2.00 e. The van der Waals surface area contributed by atoms with Gasteiger partial charge in [-0.25, -0.2) is 0 Å². The first kappa shape index (κ1) is 22.6. The molecular weight excluding hydrogens is 248 g/mol. The third-order valence-electron chi connectivity index (χ3n) is 0. The maximum absolute atomic E-state index is 8.52. The van der Waals surface area contributed by atoms with Gasteiger partial charge in [0.1, 0.15) is 0 Å². The molecule has 8 heavy (non-hydrogen) atoms. The molecule has 0 amide bonds. The van der Waals surface area contributed by atoms with Crippen LogP contribution in [0.5, 0.6) is 0 Å². The molecule has 0 saturated heterocycles. The summed E-state index contributed by atoms with van der Waals surface area (Å²) in [6, 6.07) is 0. The fraction of sp³-hybridized carbons (Fsp3) is 1.00. The van der Waals surface area contributed by atoms with Crippen LogP contribution in [0.2, 0.25) is 0 Å². The van der Waals surface area contributed by atoms with Crippen molar-refractivity contribution >= 4 is 23.1 Å². The molecule has 0 aliphatic heterocycles. The molecule has 0 saturated carbocycles. The Balaban J connectivity index is -0.0000000267. The molecule has 0 aromatic heterocycles. The number of hydrogen-bond donors (Lipinski definition) is 1. The number of halogens is 2. The van der Waals surface area contributed by atoms with E-state index in [2.05, 4.69) is 0 Å². The third-order valence-corrected chi connectivity index (χ3v) is 0. The van der Waals surface area contributed by atoms with E-state index in [0.717, 1.165) is 0 Å². The molecule has 0 aliphatic rings. The molecule has 0 unspecified atom stereocenters. The molecule has 0 atom stereocenters.